The summed E-state index contributed by atoms with van der Waals surface area (Å²) in [4.78, 5) is 0. The number of aryl methyl sites for hydroxylation is 2. The van der Waals surface area contributed by atoms with Gasteiger partial charge in [-0.15, -0.1) is 6.58 Å². The summed E-state index contributed by atoms with van der Waals surface area (Å²) in [6, 6.07) is 1.92. The Kier molecular flexibility index (Phi) is 4.43. The third-order valence-corrected chi connectivity index (χ3v) is 2.36. The topological polar surface area (TPSA) is 46.0 Å². The molecule has 3 nitrogen and oxygen atoms in total. The van der Waals surface area contributed by atoms with Crippen LogP contribution in [0.25, 0.3) is 0 Å². The number of hydrogen-bond donors (Lipinski definition) is 1. The highest BCUT2D eigenvalue weighted by Gasteiger charge is 2.12. The van der Waals surface area contributed by atoms with Gasteiger partial charge in [-0.1, -0.05) is 13.0 Å². The summed E-state index contributed by atoms with van der Waals surface area (Å²) in [6.07, 6.45) is 3.67. The molecule has 1 atom stereocenters. The summed E-state index contributed by atoms with van der Waals surface area (Å²) >= 11 is 0. The molecular formula is C12H18N2O. The van der Waals surface area contributed by atoms with Crippen molar-refractivity contribution in [2.45, 2.75) is 39.2 Å². The van der Waals surface area contributed by atoms with Crippen molar-refractivity contribution in [3.63, 3.8) is 0 Å². The summed E-state index contributed by atoms with van der Waals surface area (Å²) in [6.45, 7) is 7.55. The molecule has 15 heavy (non-hydrogen) atoms. The summed E-state index contributed by atoms with van der Waals surface area (Å²) in [7, 11) is 0. The molecule has 1 aromatic heterocycles. The molecule has 0 amide bonds. The van der Waals surface area contributed by atoms with Crippen molar-refractivity contribution >= 4 is 0 Å². The van der Waals surface area contributed by atoms with Crippen LogP contribution >= 0.6 is 0 Å². The number of allylic oxidation sites excluding steroid dienone is 1. The molecule has 0 fully saturated rings. The maximum Gasteiger partial charge on any atom is 0.0812 e. The summed E-state index contributed by atoms with van der Waals surface area (Å²) in [5, 5.41) is 18.1. The molecule has 0 saturated carbocycles. The van der Waals surface area contributed by atoms with Gasteiger partial charge in [0.2, 0.25) is 0 Å². The Morgan fingerprint density at radius 2 is 2.27 bits per heavy atom. The molecule has 0 saturated heterocycles. The highest BCUT2D eigenvalue weighted by Crippen LogP contribution is 2.21. The molecule has 0 radical (unpaired) electrons. The van der Waals surface area contributed by atoms with Crippen LogP contribution in [0.5, 0.6) is 0 Å². The predicted octanol–water partition coefficient (Wildman–Crippen LogP) is 2.35. The number of nitrogens with zero attached hydrogens (tertiary/aromatic N) is 2. The van der Waals surface area contributed by atoms with Crippen molar-refractivity contribution in [2.24, 2.45) is 0 Å². The molecule has 0 aromatic carbocycles. The molecule has 1 unspecified atom stereocenters. The normalized spacial score (nSPS) is 12.5. The zero-order valence-corrected chi connectivity index (χ0v) is 9.40. The molecule has 0 spiro atoms. The zero-order valence-electron chi connectivity index (χ0n) is 9.40. The van der Waals surface area contributed by atoms with Crippen molar-refractivity contribution in [1.82, 2.24) is 10.2 Å². The lowest BCUT2D eigenvalue weighted by molar-refractivity contribution is 0.167. The van der Waals surface area contributed by atoms with Gasteiger partial charge in [0.25, 0.3) is 0 Å². The minimum Gasteiger partial charge on any atom is -0.388 e. The van der Waals surface area contributed by atoms with Gasteiger partial charge < -0.3 is 5.11 Å². The fourth-order valence-corrected chi connectivity index (χ4v) is 1.53. The SMILES string of the molecule is C=CCCC(O)c1cc(C)nnc1CC. The Hall–Kier alpha value is -1.22. The second-order valence-corrected chi connectivity index (χ2v) is 3.62. The number of rotatable bonds is 5. The first-order valence-corrected chi connectivity index (χ1v) is 5.31. The molecule has 1 N–H and O–H groups in total. The van der Waals surface area contributed by atoms with Gasteiger partial charge in [-0.05, 0) is 32.3 Å². The fraction of sp³-hybridized carbons (Fsp3) is 0.500. The highest BCUT2D eigenvalue weighted by atomic mass is 16.3. The van der Waals surface area contributed by atoms with Crippen LogP contribution in [0, 0.1) is 6.92 Å². The molecule has 1 heterocycles. The maximum absolute atomic E-state index is 9.97. The number of aliphatic hydroxyl groups is 1. The molecule has 0 aliphatic carbocycles. The first kappa shape index (κ1) is 11.9. The van der Waals surface area contributed by atoms with Crippen LogP contribution in [0.15, 0.2) is 18.7 Å². The van der Waals surface area contributed by atoms with E-state index in [-0.39, 0.29) is 0 Å². The maximum atomic E-state index is 9.97. The third-order valence-electron chi connectivity index (χ3n) is 2.36. The van der Waals surface area contributed by atoms with Gasteiger partial charge in [0.1, 0.15) is 0 Å². The van der Waals surface area contributed by atoms with Gasteiger partial charge in [0, 0.05) is 5.56 Å². The Morgan fingerprint density at radius 1 is 1.53 bits per heavy atom. The number of aliphatic hydroxyl groups excluding tert-OH is 1. The van der Waals surface area contributed by atoms with Crippen LogP contribution in [0.3, 0.4) is 0 Å². The van der Waals surface area contributed by atoms with Crippen molar-refractivity contribution in [1.29, 1.82) is 0 Å². The van der Waals surface area contributed by atoms with Gasteiger partial charge in [0.15, 0.2) is 0 Å². The Labute approximate surface area is 90.9 Å². The van der Waals surface area contributed by atoms with Gasteiger partial charge in [-0.25, -0.2) is 0 Å². The minimum atomic E-state index is -0.452. The van der Waals surface area contributed by atoms with Crippen molar-refractivity contribution < 1.29 is 5.11 Å². The second-order valence-electron chi connectivity index (χ2n) is 3.62. The van der Waals surface area contributed by atoms with Crippen LogP contribution < -0.4 is 0 Å². The van der Waals surface area contributed by atoms with Crippen molar-refractivity contribution in [3.05, 3.63) is 35.7 Å². The Balaban J connectivity index is 2.89. The molecule has 0 aliphatic heterocycles. The van der Waals surface area contributed by atoms with Crippen molar-refractivity contribution in [2.75, 3.05) is 0 Å². The van der Waals surface area contributed by atoms with Crippen LogP contribution in [-0.2, 0) is 6.42 Å². The van der Waals surface area contributed by atoms with Crippen LogP contribution in [0.2, 0.25) is 0 Å². The van der Waals surface area contributed by atoms with Gasteiger partial charge in [-0.2, -0.15) is 10.2 Å². The Morgan fingerprint density at radius 3 is 2.87 bits per heavy atom. The van der Waals surface area contributed by atoms with Gasteiger partial charge >= 0.3 is 0 Å². The first-order chi connectivity index (χ1) is 7.19. The van der Waals surface area contributed by atoms with E-state index >= 15 is 0 Å². The molecule has 82 valence electrons. The van der Waals surface area contributed by atoms with Gasteiger partial charge in [0.05, 0.1) is 17.5 Å². The van der Waals surface area contributed by atoms with E-state index in [1.807, 2.05) is 26.0 Å². The largest absolute Gasteiger partial charge is 0.388 e. The summed E-state index contributed by atoms with van der Waals surface area (Å²) in [5.74, 6) is 0. The van der Waals surface area contributed by atoms with E-state index in [2.05, 4.69) is 16.8 Å². The smallest absolute Gasteiger partial charge is 0.0812 e. The monoisotopic (exact) mass is 206 g/mol. The molecule has 3 heteroatoms. The van der Waals surface area contributed by atoms with Crippen LogP contribution in [-0.4, -0.2) is 15.3 Å². The number of hydrogen-bond acceptors (Lipinski definition) is 3. The van der Waals surface area contributed by atoms with E-state index in [1.165, 1.54) is 0 Å². The molecular weight excluding hydrogens is 188 g/mol. The van der Waals surface area contributed by atoms with Gasteiger partial charge in [-0.3, -0.25) is 0 Å². The average molecular weight is 206 g/mol. The van der Waals surface area contributed by atoms with E-state index in [0.29, 0.717) is 6.42 Å². The highest BCUT2D eigenvalue weighted by molar-refractivity contribution is 5.23. The van der Waals surface area contributed by atoms with E-state index in [0.717, 1.165) is 29.8 Å². The molecule has 0 bridgehead atoms. The molecule has 1 aromatic rings. The molecule has 0 aliphatic rings. The average Bonchev–Trinajstić information content (AvgIpc) is 2.25. The van der Waals surface area contributed by atoms with E-state index < -0.39 is 6.10 Å². The lowest BCUT2D eigenvalue weighted by atomic mass is 10.0. The number of aromatic nitrogens is 2. The molecule has 1 rings (SSSR count). The lowest BCUT2D eigenvalue weighted by Crippen LogP contribution is -2.06. The van der Waals surface area contributed by atoms with E-state index in [9.17, 15) is 5.11 Å². The van der Waals surface area contributed by atoms with Crippen LogP contribution in [0.4, 0.5) is 0 Å². The zero-order chi connectivity index (χ0) is 11.3. The first-order valence-electron chi connectivity index (χ1n) is 5.31. The quantitative estimate of drug-likeness (QED) is 0.752. The lowest BCUT2D eigenvalue weighted by Gasteiger charge is -2.13. The second kappa shape index (κ2) is 5.61. The van der Waals surface area contributed by atoms with Crippen LogP contribution in [0.1, 0.15) is 42.8 Å². The summed E-state index contributed by atoms with van der Waals surface area (Å²) in [5.41, 5.74) is 2.64. The minimum absolute atomic E-state index is 0.452. The standard InChI is InChI=1S/C12H18N2O/c1-4-6-7-12(15)10-8-9(3)13-14-11(10)5-2/h4,8,12,15H,1,5-7H2,2-3H3. The van der Waals surface area contributed by atoms with E-state index in [1.54, 1.807) is 0 Å². The predicted molar refractivity (Wildman–Crippen MR) is 60.5 cm³/mol. The fourth-order valence-electron chi connectivity index (χ4n) is 1.53. The Bertz CT molecular complexity index is 336. The summed E-state index contributed by atoms with van der Waals surface area (Å²) < 4.78 is 0. The van der Waals surface area contributed by atoms with Crippen molar-refractivity contribution in [3.8, 4) is 0 Å². The third kappa shape index (κ3) is 3.13. The van der Waals surface area contributed by atoms with E-state index in [4.69, 9.17) is 0 Å².